The van der Waals surface area contributed by atoms with Gasteiger partial charge in [-0.1, -0.05) is 194 Å². The van der Waals surface area contributed by atoms with Crippen LogP contribution in [0.25, 0.3) is 99.1 Å². The fourth-order valence-corrected chi connectivity index (χ4v) is 9.40. The van der Waals surface area contributed by atoms with E-state index in [9.17, 15) is 0 Å². The Morgan fingerprint density at radius 1 is 0.250 bits per heavy atom. The zero-order valence-corrected chi connectivity index (χ0v) is 35.0. The van der Waals surface area contributed by atoms with E-state index >= 15 is 0 Å². The predicted molar refractivity (Wildman–Crippen MR) is 271 cm³/mol. The number of nitrogens with zero attached hydrogens (tertiary/aromatic N) is 1. The van der Waals surface area contributed by atoms with Gasteiger partial charge in [-0.05, 0) is 126 Å². The molecule has 300 valence electrons. The Balaban J connectivity index is 0.848. The lowest BCUT2D eigenvalue weighted by Gasteiger charge is -2.26. The summed E-state index contributed by atoms with van der Waals surface area (Å²) in [6, 6.07) is 89.5. The summed E-state index contributed by atoms with van der Waals surface area (Å²) in [5.74, 6) is 0.887. The summed E-state index contributed by atoms with van der Waals surface area (Å²) < 4.78 is 6.55. The second-order valence-electron chi connectivity index (χ2n) is 16.5. The van der Waals surface area contributed by atoms with Crippen LogP contribution in [0.5, 0.6) is 0 Å². The second kappa shape index (κ2) is 15.8. The predicted octanol–water partition coefficient (Wildman–Crippen LogP) is 17.7. The quantitative estimate of drug-likeness (QED) is 0.142. The fraction of sp³-hybridized carbons (Fsp3) is 0. The molecule has 12 rings (SSSR count). The molecule has 0 saturated heterocycles. The van der Waals surface area contributed by atoms with Gasteiger partial charge in [0, 0.05) is 33.6 Å². The zero-order chi connectivity index (χ0) is 42.4. The van der Waals surface area contributed by atoms with Gasteiger partial charge < -0.3 is 9.32 Å². The van der Waals surface area contributed by atoms with Gasteiger partial charge in [0.1, 0.15) is 11.3 Å². The molecule has 0 spiro atoms. The highest BCUT2D eigenvalue weighted by Gasteiger charge is 2.19. The first-order valence-electron chi connectivity index (χ1n) is 21.9. The first kappa shape index (κ1) is 37.3. The highest BCUT2D eigenvalue weighted by Crippen LogP contribution is 2.43. The van der Waals surface area contributed by atoms with Crippen molar-refractivity contribution in [3.63, 3.8) is 0 Å². The van der Waals surface area contributed by atoms with Crippen molar-refractivity contribution >= 4 is 60.3 Å². The van der Waals surface area contributed by atoms with Gasteiger partial charge in [-0.3, -0.25) is 0 Å². The van der Waals surface area contributed by atoms with E-state index in [0.29, 0.717) is 0 Å². The second-order valence-corrected chi connectivity index (χ2v) is 16.5. The summed E-state index contributed by atoms with van der Waals surface area (Å²) >= 11 is 0. The minimum absolute atomic E-state index is 0.887. The number of rotatable bonds is 8. The van der Waals surface area contributed by atoms with Crippen molar-refractivity contribution in [1.29, 1.82) is 0 Å². The monoisotopic (exact) mass is 815 g/mol. The Morgan fingerprint density at radius 2 is 0.734 bits per heavy atom. The van der Waals surface area contributed by atoms with Crippen molar-refractivity contribution in [3.8, 4) is 55.8 Å². The average Bonchev–Trinajstić information content (AvgIpc) is 3.77. The summed E-state index contributed by atoms with van der Waals surface area (Å²) in [6.45, 7) is 0. The molecule has 0 fully saturated rings. The molecule has 0 radical (unpaired) electrons. The van der Waals surface area contributed by atoms with Crippen molar-refractivity contribution in [3.05, 3.63) is 249 Å². The highest BCUT2D eigenvalue weighted by atomic mass is 16.3. The van der Waals surface area contributed by atoms with Crippen molar-refractivity contribution in [2.45, 2.75) is 0 Å². The Kier molecular flexibility index (Phi) is 9.20. The first-order valence-corrected chi connectivity index (χ1v) is 21.9. The minimum atomic E-state index is 0.887. The molecule has 0 unspecified atom stereocenters. The van der Waals surface area contributed by atoms with E-state index in [1.807, 2.05) is 12.1 Å². The molecule has 0 atom stereocenters. The number of furan rings is 1. The van der Waals surface area contributed by atoms with E-state index in [1.165, 1.54) is 49.0 Å². The maximum atomic E-state index is 6.55. The van der Waals surface area contributed by atoms with E-state index in [1.54, 1.807) is 0 Å². The molecule has 2 nitrogen and oxygen atoms in total. The van der Waals surface area contributed by atoms with Gasteiger partial charge in [-0.25, -0.2) is 0 Å². The molecule has 0 aliphatic heterocycles. The van der Waals surface area contributed by atoms with Crippen LogP contribution in [-0.2, 0) is 0 Å². The summed E-state index contributed by atoms with van der Waals surface area (Å²) in [6.07, 6.45) is 0. The lowest BCUT2D eigenvalue weighted by atomic mass is 9.95. The van der Waals surface area contributed by atoms with Crippen LogP contribution in [0.3, 0.4) is 0 Å². The number of anilines is 3. The number of benzene rings is 11. The maximum absolute atomic E-state index is 6.55. The van der Waals surface area contributed by atoms with Gasteiger partial charge in [0.05, 0.1) is 0 Å². The van der Waals surface area contributed by atoms with Gasteiger partial charge in [-0.2, -0.15) is 0 Å². The van der Waals surface area contributed by atoms with Gasteiger partial charge in [0.2, 0.25) is 0 Å². The van der Waals surface area contributed by atoms with Crippen LogP contribution in [0.2, 0.25) is 0 Å². The molecular weight excluding hydrogens is 775 g/mol. The molecule has 1 aromatic heterocycles. The molecular formula is C62H41NO. The van der Waals surface area contributed by atoms with Crippen molar-refractivity contribution in [2.75, 3.05) is 4.90 Å². The summed E-state index contributed by atoms with van der Waals surface area (Å²) in [7, 11) is 0. The van der Waals surface area contributed by atoms with E-state index in [-0.39, 0.29) is 0 Å². The molecule has 0 saturated carbocycles. The molecule has 0 bridgehead atoms. The Morgan fingerprint density at radius 3 is 1.47 bits per heavy atom. The Hall–Kier alpha value is -8.46. The van der Waals surface area contributed by atoms with Gasteiger partial charge in [-0.15, -0.1) is 0 Å². The van der Waals surface area contributed by atoms with E-state index in [2.05, 4.69) is 241 Å². The SMILES string of the molecule is c1ccc(-c2c(-c3cccc(-c4ccc(-c5ccc(N(c6ccc(-c7ccc8c(ccc9ccccc98)c7)cc6)c6ccc7ccccc7c6)cc5)cc4)c3)oc3ccccc23)cc1. The standard InChI is InChI=1S/C62H41NO/c1-2-13-48(14-3-1)61-59-19-8-9-20-60(59)64-62(61)53-17-10-16-49(40-53)45-23-21-43(22-24-45)44-27-33-54(34-28-44)63(56-37-31-42-11-4-5-15-50(42)41-56)55-35-29-46(30-36-55)51-32-38-58-52(39-51)26-25-47-12-6-7-18-57(47)58/h1-41H. The average molecular weight is 816 g/mol. The van der Waals surface area contributed by atoms with Gasteiger partial charge in [0.15, 0.2) is 0 Å². The molecule has 1 heterocycles. The first-order chi connectivity index (χ1) is 31.7. The Labute approximate surface area is 372 Å². The fourth-order valence-electron chi connectivity index (χ4n) is 9.40. The zero-order valence-electron chi connectivity index (χ0n) is 35.0. The molecule has 0 aliphatic rings. The molecule has 12 aromatic rings. The van der Waals surface area contributed by atoms with Crippen LogP contribution in [0.15, 0.2) is 253 Å². The van der Waals surface area contributed by atoms with Crippen molar-refractivity contribution in [2.24, 2.45) is 0 Å². The van der Waals surface area contributed by atoms with E-state index in [0.717, 1.165) is 67.2 Å². The maximum Gasteiger partial charge on any atom is 0.143 e. The Bertz CT molecular complexity index is 3640. The third-order valence-corrected chi connectivity index (χ3v) is 12.7. The lowest BCUT2D eigenvalue weighted by molar-refractivity contribution is 0.632. The van der Waals surface area contributed by atoms with Crippen molar-refractivity contribution < 1.29 is 4.42 Å². The molecule has 0 amide bonds. The van der Waals surface area contributed by atoms with Crippen LogP contribution < -0.4 is 4.90 Å². The number of hydrogen-bond acceptors (Lipinski definition) is 2. The normalized spacial score (nSPS) is 11.4. The third-order valence-electron chi connectivity index (χ3n) is 12.7. The van der Waals surface area contributed by atoms with E-state index in [4.69, 9.17) is 4.42 Å². The molecule has 11 aromatic carbocycles. The summed E-state index contributed by atoms with van der Waals surface area (Å²) in [5.41, 5.74) is 14.5. The van der Waals surface area contributed by atoms with Gasteiger partial charge >= 0.3 is 0 Å². The molecule has 2 heteroatoms. The number of hydrogen-bond donors (Lipinski definition) is 0. The number of fused-ring (bicyclic) bond motifs is 5. The van der Waals surface area contributed by atoms with Crippen LogP contribution in [-0.4, -0.2) is 0 Å². The van der Waals surface area contributed by atoms with Crippen molar-refractivity contribution in [1.82, 2.24) is 0 Å². The summed E-state index contributed by atoms with van der Waals surface area (Å²) in [5, 5.41) is 8.64. The van der Waals surface area contributed by atoms with Crippen LogP contribution in [0, 0.1) is 0 Å². The summed E-state index contributed by atoms with van der Waals surface area (Å²) in [4.78, 5) is 2.35. The largest absolute Gasteiger partial charge is 0.455 e. The van der Waals surface area contributed by atoms with Gasteiger partial charge in [0.25, 0.3) is 0 Å². The lowest BCUT2D eigenvalue weighted by Crippen LogP contribution is -2.09. The van der Waals surface area contributed by atoms with Crippen LogP contribution in [0.1, 0.15) is 0 Å². The topological polar surface area (TPSA) is 16.4 Å². The van der Waals surface area contributed by atoms with Crippen LogP contribution >= 0.6 is 0 Å². The number of para-hydroxylation sites is 1. The molecule has 64 heavy (non-hydrogen) atoms. The third kappa shape index (κ3) is 6.79. The smallest absolute Gasteiger partial charge is 0.143 e. The molecule has 0 aliphatic carbocycles. The van der Waals surface area contributed by atoms with Crippen LogP contribution in [0.4, 0.5) is 17.1 Å². The van der Waals surface area contributed by atoms with E-state index < -0.39 is 0 Å². The minimum Gasteiger partial charge on any atom is -0.455 e. The molecule has 0 N–H and O–H groups in total. The highest BCUT2D eigenvalue weighted by molar-refractivity contribution is 6.08.